The van der Waals surface area contributed by atoms with Gasteiger partial charge in [0, 0.05) is 10.8 Å². The average molecular weight is 475 g/mol. The Bertz CT molecular complexity index is 1530. The van der Waals surface area contributed by atoms with Crippen LogP contribution in [0.4, 0.5) is 0 Å². The Morgan fingerprint density at radius 2 is 0.917 bits per heavy atom. The van der Waals surface area contributed by atoms with Gasteiger partial charge >= 0.3 is 11.9 Å². The lowest BCUT2D eigenvalue weighted by molar-refractivity contribution is 0.0720. The van der Waals surface area contributed by atoms with Crippen LogP contribution < -0.4 is 14.2 Å². The first-order chi connectivity index (χ1) is 17.7. The molecule has 0 unspecified atom stereocenters. The summed E-state index contributed by atoms with van der Waals surface area (Å²) in [4.78, 5) is 26.2. The third-order valence-electron chi connectivity index (χ3n) is 5.75. The first-order valence-electron chi connectivity index (χ1n) is 11.4. The van der Waals surface area contributed by atoms with E-state index in [1.807, 2.05) is 60.7 Å². The SMILES string of the molecule is COc1c(-c2ccccc2)c(OC(=O)c2ccccc2)c2ccccc2c1OC(=O)c1ccccc1. The molecule has 0 radical (unpaired) electrons. The van der Waals surface area contributed by atoms with Crippen molar-refractivity contribution in [2.45, 2.75) is 0 Å². The summed E-state index contributed by atoms with van der Waals surface area (Å²) in [6.07, 6.45) is 0. The van der Waals surface area contributed by atoms with E-state index in [4.69, 9.17) is 14.2 Å². The summed E-state index contributed by atoms with van der Waals surface area (Å²) in [7, 11) is 1.50. The monoisotopic (exact) mass is 474 g/mol. The Balaban J connectivity index is 1.74. The zero-order valence-electron chi connectivity index (χ0n) is 19.5. The number of esters is 2. The molecule has 0 heterocycles. The minimum atomic E-state index is -0.521. The number of hydrogen-bond donors (Lipinski definition) is 0. The van der Waals surface area contributed by atoms with E-state index in [-0.39, 0.29) is 5.75 Å². The lowest BCUT2D eigenvalue weighted by Gasteiger charge is -2.21. The van der Waals surface area contributed by atoms with E-state index in [0.717, 1.165) is 5.56 Å². The fourth-order valence-corrected chi connectivity index (χ4v) is 4.07. The van der Waals surface area contributed by atoms with Crippen molar-refractivity contribution >= 4 is 22.7 Å². The molecule has 0 fully saturated rings. The van der Waals surface area contributed by atoms with Crippen molar-refractivity contribution in [2.75, 3.05) is 7.11 Å². The second-order valence-electron chi connectivity index (χ2n) is 7.99. The topological polar surface area (TPSA) is 61.8 Å². The summed E-state index contributed by atoms with van der Waals surface area (Å²) in [5, 5.41) is 1.19. The van der Waals surface area contributed by atoms with Crippen molar-refractivity contribution in [3.05, 3.63) is 126 Å². The molecule has 5 aromatic rings. The first kappa shape index (κ1) is 22.9. The highest BCUT2D eigenvalue weighted by atomic mass is 16.6. The van der Waals surface area contributed by atoms with E-state index >= 15 is 0 Å². The minimum Gasteiger partial charge on any atom is -0.492 e. The zero-order chi connectivity index (χ0) is 24.9. The minimum absolute atomic E-state index is 0.250. The second-order valence-corrected chi connectivity index (χ2v) is 7.99. The number of carbonyl (C=O) groups is 2. The molecule has 0 aliphatic carbocycles. The number of hydrogen-bond acceptors (Lipinski definition) is 5. The van der Waals surface area contributed by atoms with E-state index in [2.05, 4.69) is 0 Å². The number of fused-ring (bicyclic) bond motifs is 1. The first-order valence-corrected chi connectivity index (χ1v) is 11.4. The predicted octanol–water partition coefficient (Wildman–Crippen LogP) is 6.95. The van der Waals surface area contributed by atoms with Crippen molar-refractivity contribution in [3.8, 4) is 28.4 Å². The maximum absolute atomic E-state index is 13.1. The normalized spacial score (nSPS) is 10.6. The number of methoxy groups -OCH3 is 1. The molecule has 0 amide bonds. The fraction of sp³-hybridized carbons (Fsp3) is 0.0323. The van der Waals surface area contributed by atoms with Crippen LogP contribution in [0.5, 0.6) is 17.2 Å². The van der Waals surface area contributed by atoms with Crippen molar-refractivity contribution in [1.82, 2.24) is 0 Å². The lowest BCUT2D eigenvalue weighted by atomic mass is 9.97. The molecule has 5 nitrogen and oxygen atoms in total. The van der Waals surface area contributed by atoms with Gasteiger partial charge in [-0.05, 0) is 29.8 Å². The molecule has 0 bridgehead atoms. The smallest absolute Gasteiger partial charge is 0.343 e. The summed E-state index contributed by atoms with van der Waals surface area (Å²) in [5.41, 5.74) is 2.08. The summed E-state index contributed by atoms with van der Waals surface area (Å²) >= 11 is 0. The molecule has 0 aliphatic heterocycles. The van der Waals surface area contributed by atoms with Gasteiger partial charge in [0.05, 0.1) is 23.8 Å². The van der Waals surface area contributed by atoms with Gasteiger partial charge in [-0.25, -0.2) is 9.59 Å². The van der Waals surface area contributed by atoms with Crippen LogP contribution >= 0.6 is 0 Å². The van der Waals surface area contributed by atoms with Crippen LogP contribution in [0.3, 0.4) is 0 Å². The van der Waals surface area contributed by atoms with E-state index in [1.165, 1.54) is 7.11 Å². The molecule has 5 aromatic carbocycles. The lowest BCUT2D eigenvalue weighted by Crippen LogP contribution is -2.12. The largest absolute Gasteiger partial charge is 0.492 e. The molecule has 0 N–H and O–H groups in total. The van der Waals surface area contributed by atoms with Crippen molar-refractivity contribution in [1.29, 1.82) is 0 Å². The highest BCUT2D eigenvalue weighted by Gasteiger charge is 2.27. The van der Waals surface area contributed by atoms with Crippen LogP contribution in [-0.4, -0.2) is 19.0 Å². The molecule has 0 aliphatic rings. The van der Waals surface area contributed by atoms with Crippen molar-refractivity contribution in [3.63, 3.8) is 0 Å². The summed E-state index contributed by atoms with van der Waals surface area (Å²) in [6.45, 7) is 0. The molecule has 36 heavy (non-hydrogen) atoms. The van der Waals surface area contributed by atoms with Gasteiger partial charge in [-0.15, -0.1) is 0 Å². The molecule has 5 heteroatoms. The molecule has 176 valence electrons. The Labute approximate surface area is 208 Å². The van der Waals surface area contributed by atoms with Crippen LogP contribution in [0.15, 0.2) is 115 Å². The van der Waals surface area contributed by atoms with E-state index in [9.17, 15) is 9.59 Å². The highest BCUT2D eigenvalue weighted by molar-refractivity contribution is 6.07. The summed E-state index contributed by atoms with van der Waals surface area (Å²) < 4.78 is 17.8. The summed E-state index contributed by atoms with van der Waals surface area (Å²) in [5.74, 6) is -0.163. The van der Waals surface area contributed by atoms with Gasteiger partial charge in [0.2, 0.25) is 0 Å². The molecule has 0 saturated carbocycles. The zero-order valence-corrected chi connectivity index (χ0v) is 19.5. The van der Waals surface area contributed by atoms with Gasteiger partial charge < -0.3 is 14.2 Å². The van der Waals surface area contributed by atoms with E-state index < -0.39 is 11.9 Å². The average Bonchev–Trinajstić information content (AvgIpc) is 2.95. The van der Waals surface area contributed by atoms with Gasteiger partial charge in [-0.3, -0.25) is 0 Å². The molecular formula is C31H22O5. The quantitative estimate of drug-likeness (QED) is 0.197. The van der Waals surface area contributed by atoms with Crippen molar-refractivity contribution < 1.29 is 23.8 Å². The third-order valence-corrected chi connectivity index (χ3v) is 5.75. The molecule has 0 spiro atoms. The van der Waals surface area contributed by atoms with E-state index in [1.54, 1.807) is 54.6 Å². The number of rotatable bonds is 6. The number of ether oxygens (including phenoxy) is 3. The Morgan fingerprint density at radius 3 is 1.42 bits per heavy atom. The molecule has 0 aromatic heterocycles. The fourth-order valence-electron chi connectivity index (χ4n) is 4.07. The molecular weight excluding hydrogens is 452 g/mol. The van der Waals surface area contributed by atoms with Crippen LogP contribution in [-0.2, 0) is 0 Å². The van der Waals surface area contributed by atoms with E-state index in [0.29, 0.717) is 39.0 Å². The van der Waals surface area contributed by atoms with Crippen molar-refractivity contribution in [2.24, 2.45) is 0 Å². The third kappa shape index (κ3) is 4.42. The van der Waals surface area contributed by atoms with Gasteiger partial charge in [0.25, 0.3) is 0 Å². The van der Waals surface area contributed by atoms with Crippen LogP contribution in [0.2, 0.25) is 0 Å². The summed E-state index contributed by atoms with van der Waals surface area (Å²) in [6, 6.07) is 34.2. The Morgan fingerprint density at radius 1 is 0.500 bits per heavy atom. The van der Waals surface area contributed by atoms with Crippen LogP contribution in [0.25, 0.3) is 21.9 Å². The Kier molecular flexibility index (Phi) is 6.45. The Hall–Kier alpha value is -4.90. The molecule has 0 atom stereocenters. The maximum atomic E-state index is 13.1. The standard InChI is InChI=1S/C31H22O5/c1-34-29-26(21-13-5-2-6-14-21)27(35-30(32)22-15-7-3-8-16-22)24-19-11-12-20-25(24)28(29)36-31(33)23-17-9-4-10-18-23/h2-20H,1H3. The number of carbonyl (C=O) groups excluding carboxylic acids is 2. The maximum Gasteiger partial charge on any atom is 0.343 e. The molecule has 0 saturated heterocycles. The van der Waals surface area contributed by atoms with Crippen LogP contribution in [0, 0.1) is 0 Å². The van der Waals surface area contributed by atoms with Crippen LogP contribution in [0.1, 0.15) is 20.7 Å². The molecule has 5 rings (SSSR count). The van der Waals surface area contributed by atoms with Gasteiger partial charge in [0.15, 0.2) is 17.2 Å². The predicted molar refractivity (Wildman–Crippen MR) is 139 cm³/mol. The van der Waals surface area contributed by atoms with Gasteiger partial charge in [-0.1, -0.05) is 91.0 Å². The highest BCUT2D eigenvalue weighted by Crippen LogP contribution is 2.51. The van der Waals surface area contributed by atoms with Gasteiger partial charge in [-0.2, -0.15) is 0 Å². The number of benzene rings is 5. The second kappa shape index (κ2) is 10.2. The van der Waals surface area contributed by atoms with Gasteiger partial charge in [0.1, 0.15) is 0 Å².